The summed E-state index contributed by atoms with van der Waals surface area (Å²) >= 11 is 0. The van der Waals surface area contributed by atoms with Crippen molar-refractivity contribution in [3.05, 3.63) is 168 Å². The second-order valence-electron chi connectivity index (χ2n) is 8.75. The predicted molar refractivity (Wildman–Crippen MR) is 161 cm³/mol. The Morgan fingerprint density at radius 2 is 0.649 bits per heavy atom. The SMILES string of the molecule is C[C-](C)c1ccccc1.C[C-](C)c1ccccc1.C[C-](C)c1ccccc1.C[CH-]C.[Ti].[c-]1ccccc1. The molecule has 0 nitrogen and oxygen atoms in total. The Kier molecular flexibility index (Phi) is 24.4. The second-order valence-corrected chi connectivity index (χ2v) is 8.75. The van der Waals surface area contributed by atoms with Crippen LogP contribution in [0.1, 0.15) is 72.1 Å². The molecule has 0 saturated heterocycles. The van der Waals surface area contributed by atoms with Crippen molar-refractivity contribution in [1.29, 1.82) is 0 Å². The van der Waals surface area contributed by atoms with Gasteiger partial charge in [0.25, 0.3) is 0 Å². The monoisotopic (exact) mass is 525 g/mol. The van der Waals surface area contributed by atoms with Gasteiger partial charge in [-0.3, -0.25) is 0 Å². The van der Waals surface area contributed by atoms with E-state index in [-0.39, 0.29) is 21.7 Å². The molecule has 0 saturated carbocycles. The van der Waals surface area contributed by atoms with E-state index in [0.717, 1.165) is 0 Å². The molecule has 1 heteroatoms. The van der Waals surface area contributed by atoms with E-state index in [2.05, 4.69) is 120 Å². The molecule has 4 rings (SSSR count). The first-order valence-electron chi connectivity index (χ1n) is 12.5. The maximum Gasteiger partial charge on any atom is 0 e. The normalized spacial score (nSPS) is 8.43. The topological polar surface area (TPSA) is 0 Å². The summed E-state index contributed by atoms with van der Waals surface area (Å²) in [6.07, 6.45) is 2.00. The largest absolute Gasteiger partial charge is 0.335 e. The Morgan fingerprint density at radius 1 is 0.432 bits per heavy atom. The van der Waals surface area contributed by atoms with Gasteiger partial charge in [-0.15, -0.1) is 36.4 Å². The number of rotatable bonds is 3. The first-order chi connectivity index (χ1) is 17.3. The van der Waals surface area contributed by atoms with Gasteiger partial charge in [0, 0.05) is 21.7 Å². The molecule has 0 amide bonds. The molecule has 37 heavy (non-hydrogen) atoms. The molecule has 0 unspecified atom stereocenters. The molecule has 0 radical (unpaired) electrons. The standard InChI is InChI=1S/3C9H11.C6H5.C3H7.Ti/c3*1-8(2)9-6-4-3-5-7-9;1-2-4-6-5-3-1;1-3-2;/h3*3-7H,1-2H3;1-5H;3H,1-2H3;/q5*-1;. The van der Waals surface area contributed by atoms with Gasteiger partial charge in [-0.1, -0.05) is 59.7 Å². The smallest absolute Gasteiger partial charge is 0 e. The zero-order chi connectivity index (χ0) is 27.0. The molecule has 4 aromatic rings. The maximum atomic E-state index is 2.89. The third-order valence-electron chi connectivity index (χ3n) is 4.66. The average Bonchev–Trinajstić information content (AvgIpc) is 2.93. The van der Waals surface area contributed by atoms with Gasteiger partial charge < -0.3 is 6.42 Å². The Morgan fingerprint density at radius 3 is 0.757 bits per heavy atom. The Labute approximate surface area is 244 Å². The fraction of sp³-hybridized carbons (Fsp3) is 0.222. The van der Waals surface area contributed by atoms with Gasteiger partial charge in [0.15, 0.2) is 0 Å². The van der Waals surface area contributed by atoms with Crippen LogP contribution in [-0.4, -0.2) is 0 Å². The van der Waals surface area contributed by atoms with Crippen LogP contribution in [0.4, 0.5) is 0 Å². The summed E-state index contributed by atoms with van der Waals surface area (Å²) in [7, 11) is 0. The van der Waals surface area contributed by atoms with Gasteiger partial charge in [0.05, 0.1) is 0 Å². The number of benzene rings is 4. The van der Waals surface area contributed by atoms with E-state index in [1.165, 1.54) is 34.4 Å². The summed E-state index contributed by atoms with van der Waals surface area (Å²) in [6.45, 7) is 16.7. The minimum Gasteiger partial charge on any atom is -0.335 e. The molecular weight excluding hydrogens is 480 g/mol. The van der Waals surface area contributed by atoms with Gasteiger partial charge in [-0.2, -0.15) is 121 Å². The van der Waals surface area contributed by atoms with Gasteiger partial charge in [0.2, 0.25) is 0 Å². The van der Waals surface area contributed by atoms with Gasteiger partial charge >= 0.3 is 0 Å². The molecule has 0 bridgehead atoms. The predicted octanol–water partition coefficient (Wildman–Crippen LogP) is 10.7. The molecule has 4 aromatic carbocycles. The van der Waals surface area contributed by atoms with Crippen LogP contribution in [0, 0.1) is 30.2 Å². The summed E-state index contributed by atoms with van der Waals surface area (Å²) in [6, 6.07) is 43.7. The second kappa shape index (κ2) is 24.9. The third-order valence-corrected chi connectivity index (χ3v) is 4.66. The van der Waals surface area contributed by atoms with E-state index in [1.807, 2.05) is 68.8 Å². The van der Waals surface area contributed by atoms with E-state index < -0.39 is 0 Å². The number of hydrogen-bond acceptors (Lipinski definition) is 0. The van der Waals surface area contributed by atoms with Crippen LogP contribution in [0.5, 0.6) is 0 Å². The molecular formula is C36H45Ti-5. The van der Waals surface area contributed by atoms with Crippen LogP contribution in [-0.2, 0) is 21.7 Å². The molecule has 0 atom stereocenters. The Bertz CT molecular complexity index is 801. The molecule has 0 aliphatic heterocycles. The fourth-order valence-electron chi connectivity index (χ4n) is 2.66. The van der Waals surface area contributed by atoms with Crippen molar-refractivity contribution in [3.63, 3.8) is 0 Å². The summed E-state index contributed by atoms with van der Waals surface area (Å²) < 4.78 is 0. The van der Waals surface area contributed by atoms with Crippen molar-refractivity contribution in [2.45, 2.75) is 55.4 Å². The molecule has 0 aliphatic rings. The zero-order valence-corrected chi connectivity index (χ0v) is 25.7. The van der Waals surface area contributed by atoms with Crippen molar-refractivity contribution in [2.24, 2.45) is 0 Å². The van der Waals surface area contributed by atoms with E-state index >= 15 is 0 Å². The van der Waals surface area contributed by atoms with Gasteiger partial charge in [-0.05, 0) is 0 Å². The van der Waals surface area contributed by atoms with Crippen molar-refractivity contribution in [2.75, 3.05) is 0 Å². The van der Waals surface area contributed by atoms with Crippen LogP contribution in [0.25, 0.3) is 0 Å². The van der Waals surface area contributed by atoms with Crippen LogP contribution >= 0.6 is 0 Å². The van der Waals surface area contributed by atoms with E-state index in [1.54, 1.807) is 0 Å². The first-order valence-corrected chi connectivity index (χ1v) is 12.5. The summed E-state index contributed by atoms with van der Waals surface area (Å²) in [5.74, 6) is 4.11. The van der Waals surface area contributed by atoms with Crippen molar-refractivity contribution < 1.29 is 21.7 Å². The van der Waals surface area contributed by atoms with Gasteiger partial charge in [0.1, 0.15) is 0 Å². The molecule has 0 fully saturated rings. The molecule has 0 aliphatic carbocycles. The van der Waals surface area contributed by atoms with E-state index in [4.69, 9.17) is 0 Å². The third kappa shape index (κ3) is 21.0. The van der Waals surface area contributed by atoms with Gasteiger partial charge in [-0.25, -0.2) is 0 Å². The van der Waals surface area contributed by atoms with E-state index in [9.17, 15) is 0 Å². The quantitative estimate of drug-likeness (QED) is 0.184. The minimum absolute atomic E-state index is 0. The summed E-state index contributed by atoms with van der Waals surface area (Å²) in [5, 5.41) is 0. The molecule has 198 valence electrons. The fourth-order valence-corrected chi connectivity index (χ4v) is 2.66. The van der Waals surface area contributed by atoms with Crippen molar-refractivity contribution in [1.82, 2.24) is 0 Å². The zero-order valence-electron chi connectivity index (χ0n) is 24.1. The Hall–Kier alpha value is -2.80. The average molecular weight is 526 g/mol. The molecule has 0 N–H and O–H groups in total. The molecule has 0 spiro atoms. The van der Waals surface area contributed by atoms with Crippen LogP contribution in [0.15, 0.2) is 121 Å². The Balaban J connectivity index is 0. The minimum atomic E-state index is 0. The maximum absolute atomic E-state index is 2.89. The van der Waals surface area contributed by atoms with Crippen molar-refractivity contribution >= 4 is 0 Å². The molecule has 0 heterocycles. The van der Waals surface area contributed by atoms with Crippen LogP contribution < -0.4 is 0 Å². The summed E-state index contributed by atoms with van der Waals surface area (Å²) in [4.78, 5) is 0. The van der Waals surface area contributed by atoms with Crippen molar-refractivity contribution in [3.8, 4) is 0 Å². The van der Waals surface area contributed by atoms with E-state index in [0.29, 0.717) is 0 Å². The van der Waals surface area contributed by atoms with Crippen LogP contribution in [0.3, 0.4) is 0 Å². The first kappa shape index (κ1) is 36.4. The number of hydrogen-bond donors (Lipinski definition) is 0. The summed E-state index contributed by atoms with van der Waals surface area (Å²) in [5.41, 5.74) is 3.99. The molecule has 0 aromatic heterocycles. The van der Waals surface area contributed by atoms with Crippen LogP contribution in [0.2, 0.25) is 0 Å².